The van der Waals surface area contributed by atoms with Gasteiger partial charge in [-0.2, -0.15) is 5.10 Å². The Morgan fingerprint density at radius 1 is 1.29 bits per heavy atom. The van der Waals surface area contributed by atoms with Gasteiger partial charge in [0, 0.05) is 12.1 Å². The summed E-state index contributed by atoms with van der Waals surface area (Å²) in [5, 5.41) is 9.33. The van der Waals surface area contributed by atoms with Gasteiger partial charge >= 0.3 is 6.03 Å². The fourth-order valence-electron chi connectivity index (χ4n) is 2.64. The van der Waals surface area contributed by atoms with Crippen molar-refractivity contribution in [1.82, 2.24) is 5.32 Å². The molecule has 1 unspecified atom stereocenters. The number of allylic oxidation sites excluding steroid dienone is 4. The lowest BCUT2D eigenvalue weighted by atomic mass is 10.0. The Hall–Kier alpha value is -2.82. The average molecular weight is 383 g/mol. The zero-order chi connectivity index (χ0) is 20.8. The molecule has 0 saturated heterocycles. The van der Waals surface area contributed by atoms with Crippen LogP contribution in [0, 0.1) is 0 Å². The van der Waals surface area contributed by atoms with Gasteiger partial charge in [-0.25, -0.2) is 9.80 Å². The Kier molecular flexibility index (Phi) is 11.1. The van der Waals surface area contributed by atoms with Gasteiger partial charge in [-0.05, 0) is 43.0 Å². The van der Waals surface area contributed by atoms with Crippen LogP contribution in [0.3, 0.4) is 0 Å². The number of nitrogens with one attached hydrogen (secondary N) is 1. The minimum Gasteiger partial charge on any atom is -0.352 e. The molecule has 0 aliphatic rings. The SMILES string of the molecule is C=CC(NC(N)=O)N(/N=C(\CC)CC(/C=C\CC)=C/CCC)c1ccccc1. The van der Waals surface area contributed by atoms with Gasteiger partial charge in [-0.15, -0.1) is 0 Å². The Morgan fingerprint density at radius 3 is 2.54 bits per heavy atom. The van der Waals surface area contributed by atoms with E-state index in [4.69, 9.17) is 10.8 Å². The van der Waals surface area contributed by atoms with Crippen LogP contribution in [0.15, 0.2) is 71.9 Å². The molecule has 0 aromatic heterocycles. The highest BCUT2D eigenvalue weighted by molar-refractivity contribution is 5.87. The second-order valence-corrected chi connectivity index (χ2v) is 6.44. The predicted octanol–water partition coefficient (Wildman–Crippen LogP) is 5.52. The van der Waals surface area contributed by atoms with Crippen LogP contribution in [0.1, 0.15) is 52.9 Å². The number of hydrogen-bond donors (Lipinski definition) is 2. The molecule has 28 heavy (non-hydrogen) atoms. The van der Waals surface area contributed by atoms with Gasteiger partial charge in [0.25, 0.3) is 0 Å². The van der Waals surface area contributed by atoms with Crippen molar-refractivity contribution in [3.8, 4) is 0 Å². The van der Waals surface area contributed by atoms with E-state index in [1.165, 1.54) is 5.57 Å². The smallest absolute Gasteiger partial charge is 0.314 e. The lowest BCUT2D eigenvalue weighted by Gasteiger charge is -2.28. The monoisotopic (exact) mass is 382 g/mol. The number of primary amides is 1. The highest BCUT2D eigenvalue weighted by Gasteiger charge is 2.17. The minimum atomic E-state index is -0.617. The van der Waals surface area contributed by atoms with Gasteiger partial charge in [0.05, 0.1) is 5.69 Å². The molecule has 152 valence electrons. The summed E-state index contributed by atoms with van der Waals surface area (Å²) in [7, 11) is 0. The highest BCUT2D eigenvalue weighted by Crippen LogP contribution is 2.19. The van der Waals surface area contributed by atoms with Gasteiger partial charge in [-0.1, -0.05) is 70.2 Å². The number of amides is 2. The van der Waals surface area contributed by atoms with E-state index in [9.17, 15) is 4.79 Å². The number of urea groups is 1. The van der Waals surface area contributed by atoms with Crippen LogP contribution in [-0.4, -0.2) is 17.9 Å². The lowest BCUT2D eigenvalue weighted by Crippen LogP contribution is -2.47. The van der Waals surface area contributed by atoms with Crippen molar-refractivity contribution in [2.45, 2.75) is 59.0 Å². The topological polar surface area (TPSA) is 70.7 Å². The van der Waals surface area contributed by atoms with E-state index in [1.54, 1.807) is 11.1 Å². The molecular weight excluding hydrogens is 348 g/mol. The van der Waals surface area contributed by atoms with Crippen LogP contribution in [0.2, 0.25) is 0 Å². The standard InChI is InChI=1S/C23H34N4O/c1-5-9-14-19(15-10-6-2)18-20(7-3)26-27(21-16-12-11-13-17-21)22(8-4)25-23(24)28/h8-9,11-17,22H,4-7,10,18H2,1-3H3,(H3,24,25,28)/b14-9-,19-15+,26-20+. The van der Waals surface area contributed by atoms with E-state index in [2.05, 4.69) is 50.9 Å². The molecule has 0 aliphatic carbocycles. The summed E-state index contributed by atoms with van der Waals surface area (Å²) < 4.78 is 0. The number of anilines is 1. The number of benzene rings is 1. The third-order valence-electron chi connectivity index (χ3n) is 4.13. The summed E-state index contributed by atoms with van der Waals surface area (Å²) in [5.74, 6) is 0. The molecule has 5 heteroatoms. The number of carbonyl (C=O) groups is 1. The van der Waals surface area contributed by atoms with Crippen molar-refractivity contribution < 1.29 is 4.79 Å². The van der Waals surface area contributed by atoms with Crippen LogP contribution in [0.25, 0.3) is 0 Å². The lowest BCUT2D eigenvalue weighted by molar-refractivity contribution is 0.246. The normalized spacial score (nSPS) is 13.4. The largest absolute Gasteiger partial charge is 0.352 e. The number of para-hydroxylation sites is 1. The summed E-state index contributed by atoms with van der Waals surface area (Å²) in [6, 6.07) is 9.09. The van der Waals surface area contributed by atoms with Crippen LogP contribution in [-0.2, 0) is 0 Å². The molecular formula is C23H34N4O. The fraction of sp³-hybridized carbons (Fsp3) is 0.391. The summed E-state index contributed by atoms with van der Waals surface area (Å²) in [6.07, 6.45) is 12.4. The first kappa shape index (κ1) is 23.2. The van der Waals surface area contributed by atoms with Crippen molar-refractivity contribution >= 4 is 17.4 Å². The molecule has 5 nitrogen and oxygen atoms in total. The number of hydrogen-bond acceptors (Lipinski definition) is 3. The molecule has 0 saturated carbocycles. The van der Waals surface area contributed by atoms with Crippen molar-refractivity contribution in [2.75, 3.05) is 5.01 Å². The quantitative estimate of drug-likeness (QED) is 0.164. The predicted molar refractivity (Wildman–Crippen MR) is 120 cm³/mol. The maximum Gasteiger partial charge on any atom is 0.314 e. The van der Waals surface area contributed by atoms with Crippen molar-refractivity contribution in [3.05, 3.63) is 66.8 Å². The van der Waals surface area contributed by atoms with Crippen molar-refractivity contribution in [1.29, 1.82) is 0 Å². The highest BCUT2D eigenvalue weighted by atomic mass is 16.2. The van der Waals surface area contributed by atoms with Crippen LogP contribution in [0.4, 0.5) is 10.5 Å². The third kappa shape index (κ3) is 8.25. The first-order chi connectivity index (χ1) is 13.5. The number of nitrogens with zero attached hydrogens (tertiary/aromatic N) is 2. The first-order valence-electron chi connectivity index (χ1n) is 10.00. The molecule has 0 aliphatic heterocycles. The Balaban J connectivity index is 3.25. The van der Waals surface area contributed by atoms with E-state index < -0.39 is 12.2 Å². The average Bonchev–Trinajstić information content (AvgIpc) is 2.71. The summed E-state index contributed by atoms with van der Waals surface area (Å²) in [4.78, 5) is 11.4. The van der Waals surface area contributed by atoms with Gasteiger partial charge in [0.15, 0.2) is 0 Å². The van der Waals surface area contributed by atoms with E-state index in [1.807, 2.05) is 30.3 Å². The van der Waals surface area contributed by atoms with Gasteiger partial charge < -0.3 is 11.1 Å². The number of hydrazone groups is 1. The molecule has 1 aromatic rings. The van der Waals surface area contributed by atoms with Crippen molar-refractivity contribution in [2.24, 2.45) is 10.8 Å². The van der Waals surface area contributed by atoms with Gasteiger partial charge in [0.1, 0.15) is 6.17 Å². The molecule has 1 aromatic carbocycles. The molecule has 3 N–H and O–H groups in total. The summed E-state index contributed by atoms with van der Waals surface area (Å²) >= 11 is 0. The van der Waals surface area contributed by atoms with Gasteiger partial charge in [-0.3, -0.25) is 0 Å². The molecule has 2 amide bonds. The number of nitrogens with two attached hydrogens (primary N) is 1. The Bertz CT molecular complexity index is 692. The van der Waals surface area contributed by atoms with E-state index in [0.717, 1.165) is 43.5 Å². The molecule has 0 radical (unpaired) electrons. The van der Waals surface area contributed by atoms with Crippen LogP contribution < -0.4 is 16.1 Å². The second kappa shape index (κ2) is 13.4. The number of carbonyl (C=O) groups excluding carboxylic acids is 1. The Morgan fingerprint density at radius 2 is 2.00 bits per heavy atom. The van der Waals surface area contributed by atoms with Crippen LogP contribution in [0.5, 0.6) is 0 Å². The molecule has 0 heterocycles. The zero-order valence-corrected chi connectivity index (χ0v) is 17.4. The molecule has 0 fully saturated rings. The van der Waals surface area contributed by atoms with E-state index in [0.29, 0.717) is 0 Å². The fourth-order valence-corrected chi connectivity index (χ4v) is 2.64. The molecule has 0 bridgehead atoms. The van der Waals surface area contributed by atoms with Crippen LogP contribution >= 0.6 is 0 Å². The van der Waals surface area contributed by atoms with E-state index >= 15 is 0 Å². The zero-order valence-electron chi connectivity index (χ0n) is 17.4. The maximum absolute atomic E-state index is 11.4. The molecule has 0 spiro atoms. The van der Waals surface area contributed by atoms with Crippen molar-refractivity contribution in [3.63, 3.8) is 0 Å². The third-order valence-corrected chi connectivity index (χ3v) is 4.13. The van der Waals surface area contributed by atoms with E-state index in [-0.39, 0.29) is 0 Å². The summed E-state index contributed by atoms with van der Waals surface area (Å²) in [6.45, 7) is 10.2. The Labute approximate surface area is 169 Å². The minimum absolute atomic E-state index is 0.532. The number of rotatable bonds is 12. The second-order valence-electron chi connectivity index (χ2n) is 6.44. The first-order valence-corrected chi connectivity index (χ1v) is 10.00. The summed E-state index contributed by atoms with van der Waals surface area (Å²) in [5.41, 5.74) is 8.48. The van der Waals surface area contributed by atoms with Gasteiger partial charge in [0.2, 0.25) is 0 Å². The molecule has 1 rings (SSSR count). The molecule has 1 atom stereocenters. The number of unbranched alkanes of at least 4 members (excludes halogenated alkanes) is 1. The maximum atomic E-state index is 11.4.